The first-order valence-electron chi connectivity index (χ1n) is 9.19. The van der Waals surface area contributed by atoms with E-state index >= 15 is 0 Å². The van der Waals surface area contributed by atoms with E-state index in [1.165, 1.54) is 5.48 Å². The van der Waals surface area contributed by atoms with Gasteiger partial charge < -0.3 is 14.6 Å². The van der Waals surface area contributed by atoms with Crippen LogP contribution in [0.5, 0.6) is 0 Å². The quantitative estimate of drug-likeness (QED) is 0.283. The van der Waals surface area contributed by atoms with Gasteiger partial charge in [0.2, 0.25) is 0 Å². The molecule has 1 aliphatic rings. The van der Waals surface area contributed by atoms with Crippen LogP contribution >= 0.6 is 34.5 Å². The van der Waals surface area contributed by atoms with Gasteiger partial charge in [-0.25, -0.2) is 15.3 Å². The Hall–Kier alpha value is -2.52. The number of carbonyl (C=O) groups excluding carboxylic acids is 1. The van der Waals surface area contributed by atoms with Gasteiger partial charge in [0.25, 0.3) is 0 Å². The molecule has 1 unspecified atom stereocenters. The summed E-state index contributed by atoms with van der Waals surface area (Å²) in [7, 11) is 0. The smallest absolute Gasteiger partial charge is 0.431 e. The van der Waals surface area contributed by atoms with E-state index in [1.54, 1.807) is 11.3 Å². The lowest BCUT2D eigenvalue weighted by Gasteiger charge is -2.32. The van der Waals surface area contributed by atoms with Gasteiger partial charge in [-0.1, -0.05) is 34.5 Å². The molecule has 154 valence electrons. The van der Waals surface area contributed by atoms with Crippen LogP contribution in [0, 0.1) is 0 Å². The molecule has 0 fully saturated rings. The topological polar surface area (TPSA) is 90.5 Å². The maximum Gasteiger partial charge on any atom is 0.431 e. The summed E-state index contributed by atoms with van der Waals surface area (Å²) in [5.41, 5.74) is 5.46. The number of anilines is 1. The molecule has 30 heavy (non-hydrogen) atoms. The zero-order valence-electron chi connectivity index (χ0n) is 15.5. The zero-order chi connectivity index (χ0) is 20.8. The third kappa shape index (κ3) is 3.45. The molecule has 0 radical (unpaired) electrons. The summed E-state index contributed by atoms with van der Waals surface area (Å²) >= 11 is 13.9. The van der Waals surface area contributed by atoms with Gasteiger partial charge in [-0.3, -0.25) is 5.21 Å². The number of H-pyrrole nitrogens is 1. The fourth-order valence-corrected chi connectivity index (χ4v) is 5.38. The molecule has 0 bridgehead atoms. The highest BCUT2D eigenvalue weighted by Crippen LogP contribution is 2.40. The van der Waals surface area contributed by atoms with Gasteiger partial charge in [0.05, 0.1) is 16.8 Å². The van der Waals surface area contributed by atoms with E-state index in [4.69, 9.17) is 38.1 Å². The number of aromatic nitrogens is 2. The van der Waals surface area contributed by atoms with E-state index in [1.807, 2.05) is 36.4 Å². The lowest BCUT2D eigenvalue weighted by molar-refractivity contribution is 0.0846. The Kier molecular flexibility index (Phi) is 4.94. The number of aromatic amines is 1. The summed E-state index contributed by atoms with van der Waals surface area (Å²) in [5.74, 6) is -0.131. The number of rotatable bonds is 3. The van der Waals surface area contributed by atoms with Crippen molar-refractivity contribution in [1.82, 2.24) is 15.4 Å². The summed E-state index contributed by atoms with van der Waals surface area (Å²) in [6.45, 7) is 1.34. The number of thiazole rings is 1. The summed E-state index contributed by atoms with van der Waals surface area (Å²) < 4.78 is 6.20. The summed E-state index contributed by atoms with van der Waals surface area (Å²) in [4.78, 5) is 21.9. The van der Waals surface area contributed by atoms with Crippen molar-refractivity contribution < 1.29 is 14.7 Å². The van der Waals surface area contributed by atoms with Crippen molar-refractivity contribution in [3.63, 3.8) is 0 Å². The molecule has 1 amide bonds. The van der Waals surface area contributed by atoms with E-state index in [2.05, 4.69) is 9.88 Å². The van der Waals surface area contributed by atoms with Crippen molar-refractivity contribution in [1.29, 1.82) is 0 Å². The molecule has 3 N–H and O–H groups in total. The number of hydrogen-bond acceptors (Lipinski definition) is 6. The third-order valence-electron chi connectivity index (χ3n) is 5.20. The first kappa shape index (κ1) is 19.4. The molecule has 0 aliphatic carbocycles. The van der Waals surface area contributed by atoms with Crippen molar-refractivity contribution in [2.75, 3.05) is 18.1 Å². The molecule has 7 nitrogen and oxygen atoms in total. The van der Waals surface area contributed by atoms with Gasteiger partial charge in [0, 0.05) is 39.1 Å². The van der Waals surface area contributed by atoms with Crippen LogP contribution in [0.2, 0.25) is 10.0 Å². The Labute approximate surface area is 185 Å². The monoisotopic (exact) mass is 462 g/mol. The SMILES string of the molecule is O=C(NO)OCC1CN(c2nc3ccc(Cl)cc3s2)Cc2[nH]c3ccc(Cl)cc3c21. The standard InChI is InChI=1S/C20H16Cl2N4O3S/c21-11-1-3-14-13(5-11)18-10(9-29-20(27)25-28)7-26(8-16(18)23-14)19-24-15-4-2-12(22)6-17(15)30-19/h1-6,10,23,28H,7-9H2,(H,25,27). The number of nitrogens with zero attached hydrogens (tertiary/aromatic N) is 2. The predicted octanol–water partition coefficient (Wildman–Crippen LogP) is 5.30. The van der Waals surface area contributed by atoms with Gasteiger partial charge in [0.15, 0.2) is 5.13 Å². The van der Waals surface area contributed by atoms with E-state index in [0.29, 0.717) is 23.1 Å². The second kappa shape index (κ2) is 7.63. The number of amides is 1. The summed E-state index contributed by atoms with van der Waals surface area (Å²) in [6, 6.07) is 11.3. The van der Waals surface area contributed by atoms with Crippen molar-refractivity contribution >= 4 is 66.9 Å². The van der Waals surface area contributed by atoms with Gasteiger partial charge in [-0.15, -0.1) is 0 Å². The number of hydroxylamine groups is 1. The molecule has 3 heterocycles. The summed E-state index contributed by atoms with van der Waals surface area (Å²) in [5, 5.41) is 12.0. The lowest BCUT2D eigenvalue weighted by atomic mass is 9.92. The fourth-order valence-electron chi connectivity index (χ4n) is 3.96. The Morgan fingerprint density at radius 3 is 2.93 bits per heavy atom. The van der Waals surface area contributed by atoms with Crippen molar-refractivity contribution in [2.24, 2.45) is 0 Å². The second-order valence-corrected chi connectivity index (χ2v) is 8.99. The highest BCUT2D eigenvalue weighted by Gasteiger charge is 2.31. The van der Waals surface area contributed by atoms with Gasteiger partial charge in [0.1, 0.15) is 6.61 Å². The van der Waals surface area contributed by atoms with Crippen molar-refractivity contribution in [2.45, 2.75) is 12.5 Å². The first-order valence-corrected chi connectivity index (χ1v) is 10.8. The zero-order valence-corrected chi connectivity index (χ0v) is 17.8. The molecule has 1 aliphatic heterocycles. The number of ether oxygens (including phenoxy) is 1. The maximum atomic E-state index is 11.5. The molecule has 0 saturated carbocycles. The van der Waals surface area contributed by atoms with E-state index < -0.39 is 6.09 Å². The van der Waals surface area contributed by atoms with Gasteiger partial charge in [-0.2, -0.15) is 0 Å². The molecule has 10 heteroatoms. The second-order valence-electron chi connectivity index (χ2n) is 7.10. The molecule has 0 spiro atoms. The Morgan fingerprint density at radius 2 is 2.10 bits per heavy atom. The average Bonchev–Trinajstić information content (AvgIpc) is 3.32. The van der Waals surface area contributed by atoms with Crippen LogP contribution in [0.4, 0.5) is 9.93 Å². The number of nitrogens with one attached hydrogen (secondary N) is 2. The largest absolute Gasteiger partial charge is 0.447 e. The third-order valence-corrected chi connectivity index (χ3v) is 6.75. The molecule has 2 aromatic heterocycles. The van der Waals surface area contributed by atoms with Gasteiger partial charge >= 0.3 is 6.09 Å². The fraction of sp³-hybridized carbons (Fsp3) is 0.200. The van der Waals surface area contributed by atoms with Crippen molar-refractivity contribution in [3.8, 4) is 0 Å². The molecular formula is C20H16Cl2N4O3S. The number of fused-ring (bicyclic) bond motifs is 4. The summed E-state index contributed by atoms with van der Waals surface area (Å²) in [6.07, 6.45) is -0.888. The molecular weight excluding hydrogens is 447 g/mol. The van der Waals surface area contributed by atoms with Crippen LogP contribution in [-0.4, -0.2) is 34.4 Å². The highest BCUT2D eigenvalue weighted by atomic mass is 35.5. The lowest BCUT2D eigenvalue weighted by Crippen LogP contribution is -2.36. The van der Waals surface area contributed by atoms with Crippen LogP contribution in [0.3, 0.4) is 0 Å². The van der Waals surface area contributed by atoms with E-state index in [0.717, 1.165) is 37.5 Å². The normalized spacial score (nSPS) is 16.1. The Morgan fingerprint density at radius 1 is 1.30 bits per heavy atom. The minimum absolute atomic E-state index is 0.103. The van der Waals surface area contributed by atoms with Crippen LogP contribution in [0.1, 0.15) is 17.2 Å². The van der Waals surface area contributed by atoms with Crippen LogP contribution < -0.4 is 10.4 Å². The minimum Gasteiger partial charge on any atom is -0.447 e. The molecule has 5 rings (SSSR count). The molecule has 0 saturated heterocycles. The van der Waals surface area contributed by atoms with E-state index in [-0.39, 0.29) is 12.5 Å². The first-order chi connectivity index (χ1) is 14.5. The predicted molar refractivity (Wildman–Crippen MR) is 118 cm³/mol. The molecule has 1 atom stereocenters. The van der Waals surface area contributed by atoms with Crippen LogP contribution in [0.15, 0.2) is 36.4 Å². The number of hydrogen-bond donors (Lipinski definition) is 3. The Balaban J connectivity index is 1.55. The van der Waals surface area contributed by atoms with Gasteiger partial charge in [-0.05, 0) is 42.0 Å². The minimum atomic E-state index is -0.888. The Bertz CT molecular complexity index is 1270. The molecule has 4 aromatic rings. The van der Waals surface area contributed by atoms with Crippen LogP contribution in [0.25, 0.3) is 21.1 Å². The average molecular weight is 463 g/mol. The number of benzene rings is 2. The van der Waals surface area contributed by atoms with Crippen molar-refractivity contribution in [3.05, 3.63) is 57.7 Å². The van der Waals surface area contributed by atoms with E-state index in [9.17, 15) is 4.79 Å². The van der Waals surface area contributed by atoms with Crippen LogP contribution in [-0.2, 0) is 11.3 Å². The molecule has 2 aromatic carbocycles. The number of halogens is 2. The maximum absolute atomic E-state index is 11.5. The highest BCUT2D eigenvalue weighted by molar-refractivity contribution is 7.22. The number of carbonyl (C=O) groups is 1.